The Bertz CT molecular complexity index is 1040. The van der Waals surface area contributed by atoms with Crippen LogP contribution in [0.25, 0.3) is 0 Å². The third kappa shape index (κ3) is 3.72. The highest BCUT2D eigenvalue weighted by Gasteiger charge is 2.65. The average Bonchev–Trinajstić information content (AvgIpc) is 3.09. The van der Waals surface area contributed by atoms with Gasteiger partial charge in [0.25, 0.3) is 0 Å². The Morgan fingerprint density at radius 2 is 1.03 bits per heavy atom. The first kappa shape index (κ1) is 23.5. The van der Waals surface area contributed by atoms with E-state index in [-0.39, 0.29) is 41.5 Å². The summed E-state index contributed by atoms with van der Waals surface area (Å²) in [6.07, 6.45) is 5.10. The molecule has 0 bridgehead atoms. The van der Waals surface area contributed by atoms with Crippen LogP contribution in [-0.4, -0.2) is 51.2 Å². The van der Waals surface area contributed by atoms with Crippen molar-refractivity contribution in [2.45, 2.75) is 50.0 Å². The number of carbonyl (C=O) groups excluding carboxylic acids is 2. The van der Waals surface area contributed by atoms with Crippen LogP contribution in [0, 0.1) is 11.8 Å². The number of ether oxygens (including phenoxy) is 4. The third-order valence-electron chi connectivity index (χ3n) is 8.12. The van der Waals surface area contributed by atoms with Crippen molar-refractivity contribution < 1.29 is 28.5 Å². The molecule has 5 rings (SSSR count). The van der Waals surface area contributed by atoms with Crippen LogP contribution in [0.1, 0.15) is 55.1 Å². The molecule has 2 aromatic rings. The Kier molecular flexibility index (Phi) is 6.34. The number of carbonyl (C=O) groups is 2. The third-order valence-corrected chi connectivity index (χ3v) is 8.12. The summed E-state index contributed by atoms with van der Waals surface area (Å²) in [7, 11) is 6.41. The number of benzene rings is 2. The molecular weight excluding hydrogens is 446 g/mol. The van der Waals surface area contributed by atoms with Crippen molar-refractivity contribution in [1.29, 1.82) is 0 Å². The number of nitrogens with zero attached hydrogens (tertiary/aromatic N) is 1. The normalized spacial score (nSPS) is 26.2. The number of imide groups is 1. The second-order valence-electron chi connectivity index (χ2n) is 9.67. The molecule has 7 nitrogen and oxygen atoms in total. The number of hydrogen-bond acceptors (Lipinski definition) is 6. The van der Waals surface area contributed by atoms with Crippen molar-refractivity contribution in [2.75, 3.05) is 28.4 Å². The van der Waals surface area contributed by atoms with E-state index in [0.717, 1.165) is 36.8 Å². The molecule has 186 valence electrons. The van der Waals surface area contributed by atoms with Crippen molar-refractivity contribution >= 4 is 11.8 Å². The van der Waals surface area contributed by atoms with E-state index in [0.29, 0.717) is 23.0 Å². The largest absolute Gasteiger partial charge is 0.493 e. The predicted molar refractivity (Wildman–Crippen MR) is 130 cm³/mol. The van der Waals surface area contributed by atoms with Gasteiger partial charge in [0.05, 0.1) is 40.3 Å². The lowest BCUT2D eigenvalue weighted by Gasteiger charge is -2.46. The maximum absolute atomic E-state index is 13.7. The fraction of sp³-hybridized carbons (Fsp3) is 0.500. The standard InChI is InChI=1S/C28H33NO6/c1-32-19-12-10-16(14-21(19)34-3)23-24(17-11-13-20(33-2)22(15-17)35-4)26-25(23)27(30)29(28(26)31)18-8-6-5-7-9-18/h10-15,18,23-26H,5-9H2,1-4H3/t23-,24+,25+,26-. The van der Waals surface area contributed by atoms with Gasteiger partial charge in [-0.05, 0) is 48.2 Å². The maximum atomic E-state index is 13.7. The number of fused-ring (bicyclic) bond motifs is 1. The van der Waals surface area contributed by atoms with Crippen LogP contribution in [0.3, 0.4) is 0 Å². The molecule has 2 aromatic carbocycles. The quantitative estimate of drug-likeness (QED) is 0.543. The molecule has 4 atom stereocenters. The molecule has 2 amide bonds. The van der Waals surface area contributed by atoms with Crippen LogP contribution < -0.4 is 18.9 Å². The Morgan fingerprint density at radius 1 is 0.600 bits per heavy atom. The minimum Gasteiger partial charge on any atom is -0.493 e. The van der Waals surface area contributed by atoms with Gasteiger partial charge in [-0.1, -0.05) is 31.4 Å². The summed E-state index contributed by atoms with van der Waals surface area (Å²) >= 11 is 0. The monoisotopic (exact) mass is 479 g/mol. The average molecular weight is 480 g/mol. The lowest BCUT2D eigenvalue weighted by Crippen LogP contribution is -2.45. The number of likely N-dealkylation sites (tertiary alicyclic amines) is 1. The van der Waals surface area contributed by atoms with Crippen molar-refractivity contribution in [3.63, 3.8) is 0 Å². The summed E-state index contributed by atoms with van der Waals surface area (Å²) in [6.45, 7) is 0. The van der Waals surface area contributed by atoms with Crippen LogP contribution in [0.15, 0.2) is 36.4 Å². The molecule has 0 spiro atoms. The summed E-state index contributed by atoms with van der Waals surface area (Å²) in [5, 5.41) is 0. The molecule has 1 heterocycles. The lowest BCUT2D eigenvalue weighted by molar-refractivity contribution is -0.142. The summed E-state index contributed by atoms with van der Waals surface area (Å²) in [5.41, 5.74) is 1.94. The number of rotatable bonds is 7. The predicted octanol–water partition coefficient (Wildman–Crippen LogP) is 4.54. The van der Waals surface area contributed by atoms with Gasteiger partial charge >= 0.3 is 0 Å². The van der Waals surface area contributed by atoms with Crippen LogP contribution in [0.5, 0.6) is 23.0 Å². The van der Waals surface area contributed by atoms with E-state index in [2.05, 4.69) is 0 Å². The molecule has 3 aliphatic rings. The smallest absolute Gasteiger partial charge is 0.234 e. The molecule has 2 aliphatic carbocycles. The van der Waals surface area contributed by atoms with Crippen molar-refractivity contribution in [3.8, 4) is 23.0 Å². The minimum absolute atomic E-state index is 0.0199. The van der Waals surface area contributed by atoms with Gasteiger partial charge in [0, 0.05) is 17.9 Å². The van der Waals surface area contributed by atoms with Gasteiger partial charge in [-0.25, -0.2) is 0 Å². The topological polar surface area (TPSA) is 74.3 Å². The van der Waals surface area contributed by atoms with E-state index in [1.54, 1.807) is 33.3 Å². The van der Waals surface area contributed by atoms with E-state index in [1.165, 1.54) is 6.42 Å². The highest BCUT2D eigenvalue weighted by Crippen LogP contribution is 2.63. The summed E-state index contributed by atoms with van der Waals surface area (Å²) < 4.78 is 22.0. The van der Waals surface area contributed by atoms with Gasteiger partial charge in [-0.15, -0.1) is 0 Å². The summed E-state index contributed by atoms with van der Waals surface area (Å²) in [6, 6.07) is 11.6. The Morgan fingerprint density at radius 3 is 1.43 bits per heavy atom. The van der Waals surface area contributed by atoms with Crippen LogP contribution in [0.2, 0.25) is 0 Å². The molecular formula is C28H33NO6. The van der Waals surface area contributed by atoms with Crippen LogP contribution >= 0.6 is 0 Å². The molecule has 0 N–H and O–H groups in total. The Hall–Kier alpha value is -3.22. The number of amides is 2. The maximum Gasteiger partial charge on any atom is 0.234 e. The van der Waals surface area contributed by atoms with Gasteiger partial charge in [0.1, 0.15) is 0 Å². The molecule has 1 aliphatic heterocycles. The van der Waals surface area contributed by atoms with Gasteiger partial charge in [-0.3, -0.25) is 14.5 Å². The highest BCUT2D eigenvalue weighted by atomic mass is 16.5. The first-order valence-electron chi connectivity index (χ1n) is 12.3. The van der Waals surface area contributed by atoms with Gasteiger partial charge < -0.3 is 18.9 Å². The van der Waals surface area contributed by atoms with E-state index < -0.39 is 0 Å². The first-order chi connectivity index (χ1) is 17.0. The molecule has 0 aromatic heterocycles. The first-order valence-corrected chi connectivity index (χ1v) is 12.3. The zero-order valence-corrected chi connectivity index (χ0v) is 20.8. The van der Waals surface area contributed by atoms with Crippen LogP contribution in [0.4, 0.5) is 0 Å². The van der Waals surface area contributed by atoms with Gasteiger partial charge in [0.15, 0.2) is 23.0 Å². The SMILES string of the molecule is COc1ccc([C@@H]2[C@H]3C(=O)N(C4CCCCC4)C(=O)[C@H]3[C@@H]2c2ccc(OC)c(OC)c2)cc1OC. The summed E-state index contributed by atoms with van der Waals surface area (Å²) in [4.78, 5) is 29.1. The zero-order valence-electron chi connectivity index (χ0n) is 20.8. The fourth-order valence-electron chi connectivity index (χ4n) is 6.44. The van der Waals surface area contributed by atoms with Gasteiger partial charge in [-0.2, -0.15) is 0 Å². The van der Waals surface area contributed by atoms with E-state index in [9.17, 15) is 9.59 Å². The van der Waals surface area contributed by atoms with Crippen molar-refractivity contribution in [2.24, 2.45) is 11.8 Å². The number of methoxy groups -OCH3 is 4. The molecule has 1 saturated heterocycles. The highest BCUT2D eigenvalue weighted by molar-refractivity contribution is 6.08. The molecule has 2 saturated carbocycles. The number of hydrogen-bond donors (Lipinski definition) is 0. The van der Waals surface area contributed by atoms with Gasteiger partial charge in [0.2, 0.25) is 11.8 Å². The minimum atomic E-state index is -0.374. The van der Waals surface area contributed by atoms with E-state index >= 15 is 0 Å². The van der Waals surface area contributed by atoms with Crippen LogP contribution in [-0.2, 0) is 9.59 Å². The fourth-order valence-corrected chi connectivity index (χ4v) is 6.44. The van der Waals surface area contributed by atoms with E-state index in [4.69, 9.17) is 18.9 Å². The molecule has 0 unspecified atom stereocenters. The Labute approximate surface area is 206 Å². The van der Waals surface area contributed by atoms with Crippen molar-refractivity contribution in [3.05, 3.63) is 47.5 Å². The Balaban J connectivity index is 1.58. The molecule has 0 radical (unpaired) electrons. The zero-order chi connectivity index (χ0) is 24.7. The molecule has 3 fully saturated rings. The molecule has 7 heteroatoms. The second kappa shape index (κ2) is 9.44. The van der Waals surface area contributed by atoms with E-state index in [1.807, 2.05) is 36.4 Å². The second-order valence-corrected chi connectivity index (χ2v) is 9.67. The molecule has 35 heavy (non-hydrogen) atoms. The summed E-state index contributed by atoms with van der Waals surface area (Å²) in [5.74, 6) is 1.39. The lowest BCUT2D eigenvalue weighted by atomic mass is 9.53. The van der Waals surface area contributed by atoms with Crippen molar-refractivity contribution in [1.82, 2.24) is 4.90 Å².